The molecule has 0 saturated carbocycles. The summed E-state index contributed by atoms with van der Waals surface area (Å²) in [5, 5.41) is 3.38. The normalized spacial score (nSPS) is 17.1. The number of benzene rings is 1. The lowest BCUT2D eigenvalue weighted by atomic mass is 10.3. The molecule has 1 aliphatic rings. The van der Waals surface area contributed by atoms with Crippen LogP contribution in [-0.2, 0) is 0 Å². The van der Waals surface area contributed by atoms with Crippen LogP contribution in [0.3, 0.4) is 0 Å². The number of ether oxygens (including phenoxy) is 1. The van der Waals surface area contributed by atoms with Crippen LogP contribution in [0.5, 0.6) is 5.75 Å². The SMILES string of the molecule is Fc1c(Cl)cccc1OCCN1CCNCC1. The van der Waals surface area contributed by atoms with E-state index in [0.717, 1.165) is 32.7 Å². The maximum atomic E-state index is 13.5. The van der Waals surface area contributed by atoms with E-state index in [-0.39, 0.29) is 10.8 Å². The highest BCUT2D eigenvalue weighted by atomic mass is 35.5. The van der Waals surface area contributed by atoms with Gasteiger partial charge in [-0.25, -0.2) is 4.39 Å². The average Bonchev–Trinajstić information content (AvgIpc) is 2.36. The second-order valence-electron chi connectivity index (χ2n) is 3.99. The Balaban J connectivity index is 1.79. The van der Waals surface area contributed by atoms with Crippen molar-refractivity contribution in [3.63, 3.8) is 0 Å². The monoisotopic (exact) mass is 258 g/mol. The van der Waals surface area contributed by atoms with Crippen LogP contribution in [0.4, 0.5) is 4.39 Å². The van der Waals surface area contributed by atoms with Crippen LogP contribution in [-0.4, -0.2) is 44.2 Å². The van der Waals surface area contributed by atoms with Gasteiger partial charge < -0.3 is 10.1 Å². The number of nitrogens with zero attached hydrogens (tertiary/aromatic N) is 1. The zero-order valence-electron chi connectivity index (χ0n) is 9.59. The first-order valence-electron chi connectivity index (χ1n) is 5.77. The zero-order valence-corrected chi connectivity index (χ0v) is 10.3. The Kier molecular flexibility index (Phi) is 4.59. The fourth-order valence-electron chi connectivity index (χ4n) is 1.81. The van der Waals surface area contributed by atoms with E-state index in [1.54, 1.807) is 12.1 Å². The van der Waals surface area contributed by atoms with E-state index in [0.29, 0.717) is 6.61 Å². The summed E-state index contributed by atoms with van der Waals surface area (Å²) in [5.74, 6) is -0.248. The summed E-state index contributed by atoms with van der Waals surface area (Å²) in [5.41, 5.74) is 0. The van der Waals surface area contributed by atoms with Gasteiger partial charge in [0.2, 0.25) is 0 Å². The molecule has 0 aromatic heterocycles. The molecule has 1 aromatic carbocycles. The van der Waals surface area contributed by atoms with Crippen molar-refractivity contribution in [3.05, 3.63) is 29.0 Å². The smallest absolute Gasteiger partial charge is 0.183 e. The van der Waals surface area contributed by atoms with Crippen LogP contribution < -0.4 is 10.1 Å². The van der Waals surface area contributed by atoms with E-state index >= 15 is 0 Å². The molecule has 0 bridgehead atoms. The number of hydrogen-bond acceptors (Lipinski definition) is 3. The lowest BCUT2D eigenvalue weighted by molar-refractivity contribution is 0.188. The minimum absolute atomic E-state index is 0.102. The molecule has 94 valence electrons. The molecule has 0 atom stereocenters. The van der Waals surface area contributed by atoms with Crippen LogP contribution in [0.15, 0.2) is 18.2 Å². The average molecular weight is 259 g/mol. The summed E-state index contributed by atoms with van der Waals surface area (Å²) < 4.78 is 18.9. The topological polar surface area (TPSA) is 24.5 Å². The van der Waals surface area contributed by atoms with E-state index in [9.17, 15) is 4.39 Å². The third kappa shape index (κ3) is 3.56. The van der Waals surface area contributed by atoms with E-state index in [4.69, 9.17) is 16.3 Å². The van der Waals surface area contributed by atoms with Gasteiger partial charge in [-0.15, -0.1) is 0 Å². The van der Waals surface area contributed by atoms with Crippen molar-refractivity contribution < 1.29 is 9.13 Å². The van der Waals surface area contributed by atoms with Crippen molar-refractivity contribution in [1.29, 1.82) is 0 Å². The lowest BCUT2D eigenvalue weighted by Gasteiger charge is -2.26. The van der Waals surface area contributed by atoms with Gasteiger partial charge in [0, 0.05) is 32.7 Å². The number of piperazine rings is 1. The molecule has 1 heterocycles. The largest absolute Gasteiger partial charge is 0.489 e. The van der Waals surface area contributed by atoms with E-state index < -0.39 is 5.82 Å². The van der Waals surface area contributed by atoms with Gasteiger partial charge in [-0.2, -0.15) is 0 Å². The van der Waals surface area contributed by atoms with Gasteiger partial charge in [0.25, 0.3) is 0 Å². The molecule has 0 radical (unpaired) electrons. The molecule has 1 N–H and O–H groups in total. The van der Waals surface area contributed by atoms with Gasteiger partial charge in [-0.1, -0.05) is 17.7 Å². The summed E-state index contributed by atoms with van der Waals surface area (Å²) in [7, 11) is 0. The summed E-state index contributed by atoms with van der Waals surface area (Å²) in [4.78, 5) is 2.29. The third-order valence-corrected chi connectivity index (χ3v) is 3.08. The van der Waals surface area contributed by atoms with Crippen molar-refractivity contribution in [1.82, 2.24) is 10.2 Å². The highest BCUT2D eigenvalue weighted by Gasteiger charge is 2.10. The first-order chi connectivity index (χ1) is 8.27. The van der Waals surface area contributed by atoms with Crippen molar-refractivity contribution in [2.24, 2.45) is 0 Å². The maximum Gasteiger partial charge on any atom is 0.183 e. The summed E-state index contributed by atoms with van der Waals surface area (Å²) in [6.45, 7) is 5.34. The molecule has 0 amide bonds. The highest BCUT2D eigenvalue weighted by Crippen LogP contribution is 2.23. The quantitative estimate of drug-likeness (QED) is 0.891. The zero-order chi connectivity index (χ0) is 12.1. The molecule has 1 saturated heterocycles. The highest BCUT2D eigenvalue weighted by molar-refractivity contribution is 6.30. The third-order valence-electron chi connectivity index (χ3n) is 2.79. The first kappa shape index (κ1) is 12.6. The van der Waals surface area contributed by atoms with Gasteiger partial charge in [0.15, 0.2) is 11.6 Å². The minimum atomic E-state index is -0.477. The fourth-order valence-corrected chi connectivity index (χ4v) is 1.98. The Hall–Kier alpha value is -0.840. The minimum Gasteiger partial charge on any atom is -0.489 e. The van der Waals surface area contributed by atoms with E-state index in [2.05, 4.69) is 10.2 Å². The number of halogens is 2. The Morgan fingerprint density at radius 1 is 1.35 bits per heavy atom. The van der Waals surface area contributed by atoms with Gasteiger partial charge in [0.1, 0.15) is 6.61 Å². The predicted octanol–water partition coefficient (Wildman–Crippen LogP) is 1.76. The number of rotatable bonds is 4. The predicted molar refractivity (Wildman–Crippen MR) is 66.2 cm³/mol. The standard InChI is InChI=1S/C12H16ClFN2O/c13-10-2-1-3-11(12(10)14)17-9-8-16-6-4-15-5-7-16/h1-3,15H,4-9H2. The summed E-state index contributed by atoms with van der Waals surface area (Å²) in [6, 6.07) is 4.80. The van der Waals surface area contributed by atoms with Crippen LogP contribution in [0, 0.1) is 5.82 Å². The van der Waals surface area contributed by atoms with Crippen molar-refractivity contribution in [3.8, 4) is 5.75 Å². The van der Waals surface area contributed by atoms with Crippen molar-refractivity contribution in [2.75, 3.05) is 39.3 Å². The Labute approximate surface area is 106 Å². The molecular weight excluding hydrogens is 243 g/mol. The molecule has 0 aliphatic carbocycles. The van der Waals surface area contributed by atoms with Gasteiger partial charge in [0.05, 0.1) is 5.02 Å². The van der Waals surface area contributed by atoms with Gasteiger partial charge in [-0.3, -0.25) is 4.90 Å². The molecule has 1 aromatic rings. The van der Waals surface area contributed by atoms with Gasteiger partial charge in [-0.05, 0) is 12.1 Å². The molecule has 0 unspecified atom stereocenters. The molecule has 2 rings (SSSR count). The van der Waals surface area contributed by atoms with Crippen LogP contribution >= 0.6 is 11.6 Å². The van der Waals surface area contributed by atoms with Crippen molar-refractivity contribution in [2.45, 2.75) is 0 Å². The molecule has 3 nitrogen and oxygen atoms in total. The molecular formula is C12H16ClFN2O. The van der Waals surface area contributed by atoms with E-state index in [1.807, 2.05) is 0 Å². The van der Waals surface area contributed by atoms with Crippen LogP contribution in [0.1, 0.15) is 0 Å². The second-order valence-corrected chi connectivity index (χ2v) is 4.40. The number of nitrogens with one attached hydrogen (secondary N) is 1. The van der Waals surface area contributed by atoms with Crippen LogP contribution in [0.25, 0.3) is 0 Å². The summed E-state index contributed by atoms with van der Waals surface area (Å²) >= 11 is 5.67. The Morgan fingerprint density at radius 2 is 2.12 bits per heavy atom. The second kappa shape index (κ2) is 6.19. The molecule has 17 heavy (non-hydrogen) atoms. The fraction of sp³-hybridized carbons (Fsp3) is 0.500. The van der Waals surface area contributed by atoms with Gasteiger partial charge >= 0.3 is 0 Å². The Morgan fingerprint density at radius 3 is 2.88 bits per heavy atom. The Bertz CT molecular complexity index is 370. The first-order valence-corrected chi connectivity index (χ1v) is 6.15. The molecule has 5 heteroatoms. The number of hydrogen-bond donors (Lipinski definition) is 1. The lowest BCUT2D eigenvalue weighted by Crippen LogP contribution is -2.44. The molecule has 1 fully saturated rings. The maximum absolute atomic E-state index is 13.5. The molecule has 0 spiro atoms. The summed E-state index contributed by atoms with van der Waals surface area (Å²) in [6.07, 6.45) is 0. The van der Waals surface area contributed by atoms with Crippen molar-refractivity contribution >= 4 is 11.6 Å². The van der Waals surface area contributed by atoms with E-state index in [1.165, 1.54) is 6.07 Å². The van der Waals surface area contributed by atoms with Crippen LogP contribution in [0.2, 0.25) is 5.02 Å². The molecule has 1 aliphatic heterocycles.